The number of carbonyl (C=O) groups excluding carboxylic acids is 4. The van der Waals surface area contributed by atoms with Crippen molar-refractivity contribution in [3.63, 3.8) is 0 Å². The second-order valence-electron chi connectivity index (χ2n) is 15.3. The van der Waals surface area contributed by atoms with Crippen LogP contribution in [0.2, 0.25) is 10.0 Å². The maximum absolute atomic E-state index is 15.4. The Morgan fingerprint density at radius 2 is 1.46 bits per heavy atom. The third-order valence-corrected chi connectivity index (χ3v) is 12.6. The Bertz CT molecular complexity index is 2590. The lowest BCUT2D eigenvalue weighted by atomic mass is 9.49. The first-order chi connectivity index (χ1) is 29.5. The van der Waals surface area contributed by atoms with Gasteiger partial charge in [0, 0.05) is 22.7 Å². The molecule has 21 heteroatoms. The topological polar surface area (TPSA) is 129 Å². The molecule has 0 unspecified atom stereocenters. The molecule has 4 amide bonds. The molecule has 2 N–H and O–H groups in total. The number of ether oxygens (including phenoxy) is 1. The molecular formula is C42H29Cl2F9N4O6. The molecule has 63 heavy (non-hydrogen) atoms. The number of pyridine rings is 1. The van der Waals surface area contributed by atoms with Gasteiger partial charge in [0.15, 0.2) is 17.3 Å². The fourth-order valence-electron chi connectivity index (χ4n) is 9.49. The summed E-state index contributed by atoms with van der Waals surface area (Å²) >= 11 is 12.5. The van der Waals surface area contributed by atoms with Crippen molar-refractivity contribution >= 4 is 58.3 Å². The largest absolute Gasteiger partial charge is 0.504 e. The number of imide groups is 2. The van der Waals surface area contributed by atoms with E-state index in [0.29, 0.717) is 17.3 Å². The van der Waals surface area contributed by atoms with Crippen LogP contribution in [0.3, 0.4) is 0 Å². The molecule has 2 aliphatic carbocycles. The third-order valence-electron chi connectivity index (χ3n) is 12.0. The van der Waals surface area contributed by atoms with Gasteiger partial charge < -0.3 is 9.84 Å². The number of hydrogen-bond donors (Lipinski definition) is 2. The zero-order chi connectivity index (χ0) is 45.7. The summed E-state index contributed by atoms with van der Waals surface area (Å²) in [6, 6.07) is 10.9. The van der Waals surface area contributed by atoms with E-state index in [2.05, 4.69) is 10.4 Å². The van der Waals surface area contributed by atoms with Crippen molar-refractivity contribution in [2.24, 2.45) is 23.7 Å². The molecule has 10 nitrogen and oxygen atoms in total. The molecule has 0 spiro atoms. The molecule has 1 saturated carbocycles. The molecule has 4 aliphatic rings. The van der Waals surface area contributed by atoms with Crippen LogP contribution in [0.25, 0.3) is 0 Å². The number of benzene rings is 3. The van der Waals surface area contributed by atoms with Gasteiger partial charge in [-0.3, -0.25) is 24.6 Å². The second kappa shape index (κ2) is 15.2. The van der Waals surface area contributed by atoms with E-state index in [0.717, 1.165) is 0 Å². The highest BCUT2D eigenvalue weighted by Crippen LogP contribution is 2.65. The van der Waals surface area contributed by atoms with Gasteiger partial charge in [0.05, 0.1) is 57.2 Å². The number of hydrazine groups is 1. The van der Waals surface area contributed by atoms with Crippen molar-refractivity contribution in [2.75, 3.05) is 16.9 Å². The summed E-state index contributed by atoms with van der Waals surface area (Å²) < 4.78 is 130. The number of fused-ring (bicyclic) bond motifs is 4. The summed E-state index contributed by atoms with van der Waals surface area (Å²) in [6.45, 7) is 1.67. The normalized spacial score (nSPS) is 24.9. The molecule has 4 aromatic rings. The molecule has 3 fully saturated rings. The number of phenolic OH excluding ortho intramolecular Hbond substituents is 1. The van der Waals surface area contributed by atoms with Crippen LogP contribution < -0.4 is 15.1 Å². The number of anilines is 2. The minimum Gasteiger partial charge on any atom is -0.504 e. The lowest BCUT2D eigenvalue weighted by molar-refractivity contribution is -0.143. The number of amides is 4. The highest BCUT2D eigenvalue weighted by atomic mass is 35.5. The zero-order valence-corrected chi connectivity index (χ0v) is 33.5. The number of para-hydroxylation sites is 1. The van der Waals surface area contributed by atoms with Gasteiger partial charge in [0.1, 0.15) is 0 Å². The van der Waals surface area contributed by atoms with E-state index in [1.807, 2.05) is 0 Å². The van der Waals surface area contributed by atoms with Crippen LogP contribution in [0.15, 0.2) is 84.6 Å². The van der Waals surface area contributed by atoms with Crippen molar-refractivity contribution in [3.8, 4) is 11.5 Å². The molecule has 6 atom stereocenters. The number of allylic oxidation sites excluding steroid dienone is 2. The standard InChI is InChI=1S/C42H29Cl2F9N4O6/c1-2-63-30-5-3-4-26(33(30)58)32-24-10-11-25-31(37(61)56(35(25)59)23-13-19(40(45,46)47)12-20(14-23)41(48,49)50)27(24)16-28-36(60)57(38(62)39(28,32)18-6-8-22(43)9-7-18)55-34-29(44)15-21(17-54-34)42(51,52)53/h3-10,12-15,17,25,27-28,31-32,58H,2,11,16H2,1H3,(H,54,55)/t25-,27+,28-,31-,32+,39+/m0/s1. The van der Waals surface area contributed by atoms with Crippen LogP contribution >= 0.6 is 23.2 Å². The zero-order valence-electron chi connectivity index (χ0n) is 32.0. The number of aromatic hydroxyl groups is 1. The molecule has 0 radical (unpaired) electrons. The minimum absolute atomic E-state index is 0.0229. The lowest BCUT2D eigenvalue weighted by Gasteiger charge is -2.50. The third kappa shape index (κ3) is 7.03. The molecule has 330 valence electrons. The molecule has 2 aliphatic heterocycles. The summed E-state index contributed by atoms with van der Waals surface area (Å²) in [5.74, 6) is -12.6. The second-order valence-corrected chi connectivity index (χ2v) is 16.2. The number of hydrogen-bond acceptors (Lipinski definition) is 8. The van der Waals surface area contributed by atoms with E-state index < -0.39 is 123 Å². The SMILES string of the molecule is CCOc1cccc([C@H]2C3=CC[C@@H]4C(=O)N(c5cc(C(F)(F)F)cc(C(F)(F)F)c5)C(=O)[C@@H]4[C@@H]3C[C@H]3C(=O)N(Nc4ncc(C(F)(F)F)cc4Cl)C(=O)[C@@]23c2ccc(Cl)cc2)c1O. The van der Waals surface area contributed by atoms with Crippen LogP contribution in [0.1, 0.15) is 53.5 Å². The predicted molar refractivity (Wildman–Crippen MR) is 205 cm³/mol. The fourth-order valence-corrected chi connectivity index (χ4v) is 9.83. The van der Waals surface area contributed by atoms with Crippen LogP contribution in [-0.4, -0.2) is 45.3 Å². The van der Waals surface area contributed by atoms with Gasteiger partial charge in [-0.05, 0) is 73.7 Å². The van der Waals surface area contributed by atoms with Gasteiger partial charge in [0.25, 0.3) is 11.8 Å². The van der Waals surface area contributed by atoms with E-state index in [4.69, 9.17) is 27.9 Å². The van der Waals surface area contributed by atoms with Gasteiger partial charge in [-0.2, -0.15) is 44.5 Å². The monoisotopic (exact) mass is 926 g/mol. The highest BCUT2D eigenvalue weighted by molar-refractivity contribution is 6.33. The molecule has 1 aromatic heterocycles. The fraction of sp³-hybridized carbons (Fsp3) is 0.310. The number of aromatic nitrogens is 1. The molecule has 8 rings (SSSR count). The maximum Gasteiger partial charge on any atom is 0.417 e. The highest BCUT2D eigenvalue weighted by Gasteiger charge is 2.71. The van der Waals surface area contributed by atoms with E-state index in [9.17, 15) is 59.0 Å². The first kappa shape index (κ1) is 43.8. The Morgan fingerprint density at radius 3 is 2.05 bits per heavy atom. The van der Waals surface area contributed by atoms with Gasteiger partial charge in [-0.1, -0.05) is 59.1 Å². The smallest absolute Gasteiger partial charge is 0.417 e. The average Bonchev–Trinajstić information content (AvgIpc) is 3.59. The number of halogens is 11. The number of nitrogens with zero attached hydrogens (tertiary/aromatic N) is 3. The molecular weight excluding hydrogens is 898 g/mol. The average molecular weight is 928 g/mol. The number of alkyl halides is 9. The Kier molecular flexibility index (Phi) is 10.6. The van der Waals surface area contributed by atoms with Crippen LogP contribution in [0.4, 0.5) is 51.0 Å². The molecule has 3 heterocycles. The van der Waals surface area contributed by atoms with Crippen molar-refractivity contribution in [2.45, 2.75) is 49.6 Å². The molecule has 2 saturated heterocycles. The number of phenols is 1. The Morgan fingerprint density at radius 1 is 0.825 bits per heavy atom. The van der Waals surface area contributed by atoms with Crippen molar-refractivity contribution in [1.82, 2.24) is 9.99 Å². The van der Waals surface area contributed by atoms with Gasteiger partial charge in [-0.25, -0.2) is 9.88 Å². The molecule has 0 bridgehead atoms. The first-order valence-electron chi connectivity index (χ1n) is 19.0. The predicted octanol–water partition coefficient (Wildman–Crippen LogP) is 9.74. The van der Waals surface area contributed by atoms with Crippen LogP contribution in [0.5, 0.6) is 11.5 Å². The quantitative estimate of drug-likeness (QED) is 0.107. The van der Waals surface area contributed by atoms with E-state index in [1.165, 1.54) is 48.5 Å². The Balaban J connectivity index is 1.32. The van der Waals surface area contributed by atoms with E-state index >= 15 is 4.79 Å². The summed E-state index contributed by atoms with van der Waals surface area (Å²) in [5.41, 5.74) is -5.11. The van der Waals surface area contributed by atoms with E-state index in [-0.39, 0.29) is 63.6 Å². The van der Waals surface area contributed by atoms with Gasteiger partial charge in [-0.15, -0.1) is 0 Å². The Hall–Kier alpha value is -5.82. The molecule has 3 aromatic carbocycles. The number of carbonyl (C=O) groups is 4. The van der Waals surface area contributed by atoms with Crippen LogP contribution in [-0.2, 0) is 43.1 Å². The number of rotatable bonds is 7. The van der Waals surface area contributed by atoms with Crippen molar-refractivity contribution < 1.29 is 68.5 Å². The summed E-state index contributed by atoms with van der Waals surface area (Å²) in [5, 5.41) is 12.0. The minimum atomic E-state index is -5.32. The first-order valence-corrected chi connectivity index (χ1v) is 19.7. The number of nitrogens with one attached hydrogen (secondary N) is 1. The maximum atomic E-state index is 15.4. The summed E-state index contributed by atoms with van der Waals surface area (Å²) in [6.07, 6.45) is -14.4. The van der Waals surface area contributed by atoms with Gasteiger partial charge in [0.2, 0.25) is 11.8 Å². The van der Waals surface area contributed by atoms with Crippen molar-refractivity contribution in [1.29, 1.82) is 0 Å². The summed E-state index contributed by atoms with van der Waals surface area (Å²) in [7, 11) is 0. The lowest BCUT2D eigenvalue weighted by Crippen LogP contribution is -2.53. The summed E-state index contributed by atoms with van der Waals surface area (Å²) in [4.78, 5) is 63.0. The van der Waals surface area contributed by atoms with Crippen LogP contribution in [0, 0.1) is 23.7 Å². The van der Waals surface area contributed by atoms with Gasteiger partial charge >= 0.3 is 18.5 Å². The van der Waals surface area contributed by atoms with Crippen molar-refractivity contribution in [3.05, 3.63) is 122 Å². The van der Waals surface area contributed by atoms with E-state index in [1.54, 1.807) is 6.92 Å². The Labute approximate surface area is 360 Å².